The fourth-order valence-electron chi connectivity index (χ4n) is 2.86. The minimum Gasteiger partial charge on any atom is -0.338 e. The van der Waals surface area contributed by atoms with Crippen molar-refractivity contribution in [1.29, 1.82) is 0 Å². The molecule has 0 aliphatic carbocycles. The predicted octanol–water partition coefficient (Wildman–Crippen LogP) is 4.80. The molecular formula is C21H16ClFN4O2S. The lowest BCUT2D eigenvalue weighted by Gasteiger charge is -2.06. The number of nitrogens with zero attached hydrogens (tertiary/aromatic N) is 3. The summed E-state index contributed by atoms with van der Waals surface area (Å²) in [4.78, 5) is 24.1. The van der Waals surface area contributed by atoms with Crippen LogP contribution in [0, 0.1) is 12.7 Å². The fourth-order valence-corrected chi connectivity index (χ4v) is 3.72. The summed E-state index contributed by atoms with van der Waals surface area (Å²) in [6, 6.07) is 14.1. The maximum absolute atomic E-state index is 13.6. The molecule has 0 spiro atoms. The number of rotatable bonds is 6. The Bertz CT molecular complexity index is 1240. The van der Waals surface area contributed by atoms with Crippen molar-refractivity contribution < 1.29 is 8.91 Å². The van der Waals surface area contributed by atoms with E-state index in [1.165, 1.54) is 23.9 Å². The van der Waals surface area contributed by atoms with E-state index < -0.39 is 5.82 Å². The van der Waals surface area contributed by atoms with Crippen LogP contribution in [0.5, 0.6) is 0 Å². The molecule has 9 heteroatoms. The third-order valence-corrected chi connectivity index (χ3v) is 5.57. The van der Waals surface area contributed by atoms with Crippen molar-refractivity contribution >= 4 is 23.4 Å². The number of hydrogen-bond acceptors (Lipinski definition) is 6. The minimum atomic E-state index is -0.553. The second-order valence-corrected chi connectivity index (χ2v) is 7.90. The van der Waals surface area contributed by atoms with Crippen molar-refractivity contribution in [3.8, 4) is 11.4 Å². The van der Waals surface area contributed by atoms with Gasteiger partial charge in [-0.15, -0.1) is 0 Å². The Labute approximate surface area is 180 Å². The number of hydrogen-bond donors (Lipinski definition) is 1. The van der Waals surface area contributed by atoms with E-state index in [1.54, 1.807) is 6.07 Å². The number of aromatic nitrogens is 4. The molecule has 6 nitrogen and oxygen atoms in total. The third kappa shape index (κ3) is 4.60. The van der Waals surface area contributed by atoms with Gasteiger partial charge in [0.1, 0.15) is 5.82 Å². The lowest BCUT2D eigenvalue weighted by molar-refractivity contribution is 0.391. The van der Waals surface area contributed by atoms with E-state index in [-0.39, 0.29) is 16.4 Å². The molecule has 0 fully saturated rings. The van der Waals surface area contributed by atoms with Gasteiger partial charge in [0.15, 0.2) is 5.16 Å². The first kappa shape index (κ1) is 20.3. The van der Waals surface area contributed by atoms with E-state index in [4.69, 9.17) is 16.1 Å². The Morgan fingerprint density at radius 2 is 1.97 bits per heavy atom. The van der Waals surface area contributed by atoms with Crippen LogP contribution in [0.15, 0.2) is 63.0 Å². The molecule has 2 aromatic heterocycles. The van der Waals surface area contributed by atoms with Crippen molar-refractivity contribution in [1.82, 2.24) is 20.1 Å². The lowest BCUT2D eigenvalue weighted by atomic mass is 10.1. The van der Waals surface area contributed by atoms with Gasteiger partial charge in [-0.2, -0.15) is 4.98 Å². The summed E-state index contributed by atoms with van der Waals surface area (Å²) in [5.41, 5.74) is 2.65. The van der Waals surface area contributed by atoms with E-state index in [2.05, 4.69) is 20.1 Å². The SMILES string of the molecule is Cc1nc(SCc2nc(-c3ccc(Cl)c(F)c3)no2)[nH]c(=O)c1Cc1ccccc1. The largest absolute Gasteiger partial charge is 0.338 e. The fraction of sp³-hybridized carbons (Fsp3) is 0.143. The van der Waals surface area contributed by atoms with Crippen LogP contribution in [0.25, 0.3) is 11.4 Å². The normalized spacial score (nSPS) is 11.0. The number of halogens is 2. The van der Waals surface area contributed by atoms with Gasteiger partial charge >= 0.3 is 0 Å². The molecule has 0 aliphatic heterocycles. The third-order valence-electron chi connectivity index (χ3n) is 4.40. The highest BCUT2D eigenvalue weighted by molar-refractivity contribution is 7.98. The van der Waals surface area contributed by atoms with Crippen LogP contribution in [0.3, 0.4) is 0 Å². The second kappa shape index (κ2) is 8.81. The van der Waals surface area contributed by atoms with Gasteiger partial charge in [0.2, 0.25) is 11.7 Å². The van der Waals surface area contributed by atoms with Gasteiger partial charge in [-0.1, -0.05) is 58.9 Å². The summed E-state index contributed by atoms with van der Waals surface area (Å²) >= 11 is 6.97. The Kier molecular flexibility index (Phi) is 5.96. The quantitative estimate of drug-likeness (QED) is 0.341. The van der Waals surface area contributed by atoms with E-state index in [0.29, 0.717) is 40.0 Å². The van der Waals surface area contributed by atoms with Gasteiger partial charge in [-0.3, -0.25) is 4.79 Å². The van der Waals surface area contributed by atoms with Crippen LogP contribution in [-0.2, 0) is 12.2 Å². The van der Waals surface area contributed by atoms with Crippen LogP contribution in [0.1, 0.15) is 22.7 Å². The summed E-state index contributed by atoms with van der Waals surface area (Å²) < 4.78 is 18.8. The van der Waals surface area contributed by atoms with Gasteiger partial charge < -0.3 is 9.51 Å². The molecule has 0 amide bonds. The topological polar surface area (TPSA) is 84.7 Å². The summed E-state index contributed by atoms with van der Waals surface area (Å²) in [5, 5.41) is 4.36. The Hall–Kier alpha value is -2.97. The Morgan fingerprint density at radius 3 is 2.70 bits per heavy atom. The zero-order valence-corrected chi connectivity index (χ0v) is 17.4. The first-order valence-electron chi connectivity index (χ1n) is 9.04. The molecule has 0 radical (unpaired) electrons. The molecular weight excluding hydrogens is 427 g/mol. The highest BCUT2D eigenvalue weighted by Gasteiger charge is 2.13. The number of aromatic amines is 1. The van der Waals surface area contributed by atoms with E-state index in [1.807, 2.05) is 37.3 Å². The van der Waals surface area contributed by atoms with Gasteiger partial charge in [-0.05, 0) is 30.7 Å². The summed E-state index contributed by atoms with van der Waals surface area (Å²) in [6.07, 6.45) is 0.518. The molecule has 0 bridgehead atoms. The van der Waals surface area contributed by atoms with Crippen molar-refractivity contribution in [2.45, 2.75) is 24.3 Å². The molecule has 4 rings (SSSR count). The number of H-pyrrole nitrogens is 1. The average molecular weight is 443 g/mol. The summed E-state index contributed by atoms with van der Waals surface area (Å²) in [6.45, 7) is 1.82. The Balaban J connectivity index is 1.46. The molecule has 30 heavy (non-hydrogen) atoms. The molecule has 2 aromatic carbocycles. The van der Waals surface area contributed by atoms with E-state index in [0.717, 1.165) is 5.56 Å². The van der Waals surface area contributed by atoms with E-state index in [9.17, 15) is 9.18 Å². The number of thioether (sulfide) groups is 1. The summed E-state index contributed by atoms with van der Waals surface area (Å²) in [5.74, 6) is 0.350. The lowest BCUT2D eigenvalue weighted by Crippen LogP contribution is -2.17. The molecule has 0 saturated heterocycles. The maximum Gasteiger partial charge on any atom is 0.255 e. The number of benzene rings is 2. The molecule has 0 saturated carbocycles. The standard InChI is InChI=1S/C21H16ClFN4O2S/c1-12-15(9-13-5-3-2-4-6-13)20(28)26-21(24-12)30-11-18-25-19(27-29-18)14-7-8-16(22)17(23)10-14/h2-8,10H,9,11H2,1H3,(H,24,26,28). The van der Waals surface area contributed by atoms with Crippen LogP contribution >= 0.6 is 23.4 Å². The first-order valence-corrected chi connectivity index (χ1v) is 10.4. The zero-order valence-electron chi connectivity index (χ0n) is 15.9. The number of aryl methyl sites for hydroxylation is 1. The molecule has 1 N–H and O–H groups in total. The minimum absolute atomic E-state index is 0.0270. The molecule has 0 aliphatic rings. The zero-order chi connectivity index (χ0) is 21.1. The highest BCUT2D eigenvalue weighted by atomic mass is 35.5. The smallest absolute Gasteiger partial charge is 0.255 e. The molecule has 0 unspecified atom stereocenters. The van der Waals surface area contributed by atoms with Gasteiger partial charge in [0.05, 0.1) is 10.8 Å². The maximum atomic E-state index is 13.6. The highest BCUT2D eigenvalue weighted by Crippen LogP contribution is 2.24. The molecule has 2 heterocycles. The summed E-state index contributed by atoms with van der Waals surface area (Å²) in [7, 11) is 0. The predicted molar refractivity (Wildman–Crippen MR) is 113 cm³/mol. The van der Waals surface area contributed by atoms with Crippen molar-refractivity contribution in [3.63, 3.8) is 0 Å². The van der Waals surface area contributed by atoms with E-state index >= 15 is 0 Å². The molecule has 152 valence electrons. The van der Waals surface area contributed by atoms with Gasteiger partial charge in [0.25, 0.3) is 5.56 Å². The van der Waals surface area contributed by atoms with Gasteiger partial charge in [-0.25, -0.2) is 9.37 Å². The molecule has 4 aromatic rings. The Morgan fingerprint density at radius 1 is 1.17 bits per heavy atom. The van der Waals surface area contributed by atoms with Crippen molar-refractivity contribution in [3.05, 3.63) is 92.4 Å². The first-order chi connectivity index (χ1) is 14.5. The van der Waals surface area contributed by atoms with Crippen LogP contribution in [-0.4, -0.2) is 20.1 Å². The molecule has 0 atom stereocenters. The number of nitrogens with one attached hydrogen (secondary N) is 1. The van der Waals surface area contributed by atoms with Crippen LogP contribution in [0.2, 0.25) is 5.02 Å². The second-order valence-electron chi connectivity index (χ2n) is 6.53. The van der Waals surface area contributed by atoms with Crippen molar-refractivity contribution in [2.75, 3.05) is 0 Å². The van der Waals surface area contributed by atoms with Gasteiger partial charge in [0, 0.05) is 23.2 Å². The monoisotopic (exact) mass is 442 g/mol. The van der Waals surface area contributed by atoms with Crippen LogP contribution < -0.4 is 5.56 Å². The average Bonchev–Trinajstić information content (AvgIpc) is 3.21. The van der Waals surface area contributed by atoms with Crippen molar-refractivity contribution in [2.24, 2.45) is 0 Å². The van der Waals surface area contributed by atoms with Crippen LogP contribution in [0.4, 0.5) is 4.39 Å².